The third kappa shape index (κ3) is 2.91. The highest BCUT2D eigenvalue weighted by molar-refractivity contribution is 6.29. The van der Waals surface area contributed by atoms with Gasteiger partial charge in [-0.25, -0.2) is 9.99 Å². The standard InChI is InChI=1S/C10H12ClN3O2/c11-9-2-1-8(7-12-9)10(15)13-14-3-5-16-6-4-14/h1-2,7H,3-6H2,(H,13,15). The van der Waals surface area contributed by atoms with E-state index in [0.717, 1.165) is 0 Å². The molecule has 0 saturated carbocycles. The summed E-state index contributed by atoms with van der Waals surface area (Å²) >= 11 is 5.64. The molecule has 1 saturated heterocycles. The van der Waals surface area contributed by atoms with Crippen LogP contribution in [0.5, 0.6) is 0 Å². The highest BCUT2D eigenvalue weighted by atomic mass is 35.5. The second kappa shape index (κ2) is 5.25. The number of halogens is 1. The normalized spacial score (nSPS) is 17.1. The summed E-state index contributed by atoms with van der Waals surface area (Å²) in [5.74, 6) is -0.175. The van der Waals surface area contributed by atoms with Gasteiger partial charge in [-0.15, -0.1) is 0 Å². The van der Waals surface area contributed by atoms with E-state index >= 15 is 0 Å². The zero-order chi connectivity index (χ0) is 11.4. The average molecular weight is 242 g/mol. The van der Waals surface area contributed by atoms with Crippen molar-refractivity contribution < 1.29 is 9.53 Å². The lowest BCUT2D eigenvalue weighted by atomic mass is 10.3. The molecule has 2 rings (SSSR count). The van der Waals surface area contributed by atoms with Gasteiger partial charge in [0, 0.05) is 19.3 Å². The Bertz CT molecular complexity index is 363. The van der Waals surface area contributed by atoms with Gasteiger partial charge in [0.2, 0.25) is 0 Å². The van der Waals surface area contributed by atoms with E-state index in [0.29, 0.717) is 37.0 Å². The molecule has 1 aromatic rings. The summed E-state index contributed by atoms with van der Waals surface area (Å²) in [5.41, 5.74) is 3.28. The molecule has 0 atom stereocenters. The van der Waals surface area contributed by atoms with Crippen molar-refractivity contribution in [1.82, 2.24) is 15.4 Å². The van der Waals surface area contributed by atoms with Crippen LogP contribution in [0, 0.1) is 0 Å². The number of nitrogens with one attached hydrogen (secondary N) is 1. The number of ether oxygens (including phenoxy) is 1. The van der Waals surface area contributed by atoms with Crippen LogP contribution < -0.4 is 5.43 Å². The molecule has 1 amide bonds. The number of rotatable bonds is 2. The van der Waals surface area contributed by atoms with E-state index < -0.39 is 0 Å². The number of nitrogens with zero attached hydrogens (tertiary/aromatic N) is 2. The number of hydrogen-bond acceptors (Lipinski definition) is 4. The summed E-state index contributed by atoms with van der Waals surface area (Å²) in [5, 5.41) is 2.21. The number of hydrogen-bond donors (Lipinski definition) is 1. The van der Waals surface area contributed by atoms with Gasteiger partial charge >= 0.3 is 0 Å². The topological polar surface area (TPSA) is 54.5 Å². The Balaban J connectivity index is 1.94. The number of carbonyl (C=O) groups is 1. The van der Waals surface area contributed by atoms with Crippen molar-refractivity contribution in [2.75, 3.05) is 26.3 Å². The molecule has 1 aliphatic heterocycles. The molecule has 86 valence electrons. The number of aromatic nitrogens is 1. The van der Waals surface area contributed by atoms with Crippen molar-refractivity contribution in [1.29, 1.82) is 0 Å². The van der Waals surface area contributed by atoms with Gasteiger partial charge < -0.3 is 4.74 Å². The summed E-state index contributed by atoms with van der Waals surface area (Å²) in [7, 11) is 0. The fourth-order valence-electron chi connectivity index (χ4n) is 1.39. The smallest absolute Gasteiger partial charge is 0.267 e. The monoisotopic (exact) mass is 241 g/mol. The molecule has 0 bridgehead atoms. The Hall–Kier alpha value is -1.17. The van der Waals surface area contributed by atoms with Crippen LogP contribution in [0.2, 0.25) is 5.15 Å². The molecule has 0 aliphatic carbocycles. The SMILES string of the molecule is O=C(NN1CCOCC1)c1ccc(Cl)nc1. The summed E-state index contributed by atoms with van der Waals surface area (Å²) < 4.78 is 5.18. The van der Waals surface area contributed by atoms with Crippen LogP contribution in [0.25, 0.3) is 0 Å². The minimum absolute atomic E-state index is 0.175. The van der Waals surface area contributed by atoms with Gasteiger partial charge in [0.25, 0.3) is 5.91 Å². The highest BCUT2D eigenvalue weighted by Crippen LogP contribution is 2.05. The second-order valence-electron chi connectivity index (χ2n) is 3.41. The lowest BCUT2D eigenvalue weighted by molar-refractivity contribution is 0.0126. The summed E-state index contributed by atoms with van der Waals surface area (Å²) in [6, 6.07) is 3.24. The maximum Gasteiger partial charge on any atom is 0.267 e. The minimum atomic E-state index is -0.175. The van der Waals surface area contributed by atoms with Crippen LogP contribution in [-0.2, 0) is 4.74 Å². The molecular formula is C10H12ClN3O2. The lowest BCUT2D eigenvalue weighted by Gasteiger charge is -2.26. The van der Waals surface area contributed by atoms with Crippen molar-refractivity contribution in [3.05, 3.63) is 29.0 Å². The Morgan fingerprint density at radius 3 is 2.81 bits per heavy atom. The van der Waals surface area contributed by atoms with Crippen molar-refractivity contribution in [2.24, 2.45) is 0 Å². The molecule has 0 aromatic carbocycles. The molecule has 1 aliphatic rings. The zero-order valence-electron chi connectivity index (χ0n) is 8.65. The Morgan fingerprint density at radius 1 is 1.44 bits per heavy atom. The van der Waals surface area contributed by atoms with E-state index in [9.17, 15) is 4.79 Å². The third-order valence-electron chi connectivity index (χ3n) is 2.26. The molecule has 6 heteroatoms. The first-order valence-electron chi connectivity index (χ1n) is 5.01. The molecule has 1 fully saturated rings. The van der Waals surface area contributed by atoms with Gasteiger partial charge in [-0.3, -0.25) is 10.2 Å². The van der Waals surface area contributed by atoms with Gasteiger partial charge in [-0.05, 0) is 12.1 Å². The van der Waals surface area contributed by atoms with E-state index in [4.69, 9.17) is 16.3 Å². The molecule has 0 unspecified atom stereocenters. The lowest BCUT2D eigenvalue weighted by Crippen LogP contribution is -2.48. The van der Waals surface area contributed by atoms with Crippen molar-refractivity contribution in [3.8, 4) is 0 Å². The van der Waals surface area contributed by atoms with Crippen LogP contribution in [0.4, 0.5) is 0 Å². The molecule has 0 radical (unpaired) electrons. The van der Waals surface area contributed by atoms with Crippen LogP contribution in [0.15, 0.2) is 18.3 Å². The first-order chi connectivity index (χ1) is 7.75. The molecule has 0 spiro atoms. The van der Waals surface area contributed by atoms with Crippen molar-refractivity contribution in [2.45, 2.75) is 0 Å². The predicted molar refractivity (Wildman–Crippen MR) is 59.1 cm³/mol. The van der Waals surface area contributed by atoms with E-state index in [1.165, 1.54) is 6.20 Å². The minimum Gasteiger partial charge on any atom is -0.379 e. The van der Waals surface area contributed by atoms with E-state index in [-0.39, 0.29) is 5.91 Å². The van der Waals surface area contributed by atoms with E-state index in [1.54, 1.807) is 12.1 Å². The fourth-order valence-corrected chi connectivity index (χ4v) is 1.51. The quantitative estimate of drug-likeness (QED) is 0.775. The molecular weight excluding hydrogens is 230 g/mol. The van der Waals surface area contributed by atoms with Crippen molar-refractivity contribution in [3.63, 3.8) is 0 Å². The van der Waals surface area contributed by atoms with Gasteiger partial charge in [-0.2, -0.15) is 0 Å². The summed E-state index contributed by atoms with van der Waals surface area (Å²) in [6.07, 6.45) is 1.46. The predicted octanol–water partition coefficient (Wildman–Crippen LogP) is 0.712. The molecule has 1 N–H and O–H groups in total. The van der Waals surface area contributed by atoms with Crippen molar-refractivity contribution >= 4 is 17.5 Å². The van der Waals surface area contributed by atoms with Crippen LogP contribution in [-0.4, -0.2) is 42.2 Å². The third-order valence-corrected chi connectivity index (χ3v) is 2.48. The molecule has 1 aromatic heterocycles. The van der Waals surface area contributed by atoms with Crippen LogP contribution >= 0.6 is 11.6 Å². The number of morpholine rings is 1. The highest BCUT2D eigenvalue weighted by Gasteiger charge is 2.14. The maximum absolute atomic E-state index is 11.7. The largest absolute Gasteiger partial charge is 0.379 e. The Labute approximate surface area is 98.3 Å². The number of hydrazine groups is 1. The average Bonchev–Trinajstić information content (AvgIpc) is 2.31. The zero-order valence-corrected chi connectivity index (χ0v) is 9.41. The van der Waals surface area contributed by atoms with Crippen LogP contribution in [0.1, 0.15) is 10.4 Å². The first kappa shape index (κ1) is 11.3. The van der Waals surface area contributed by atoms with Gasteiger partial charge in [0.15, 0.2) is 0 Å². The molecule has 5 nitrogen and oxygen atoms in total. The fraction of sp³-hybridized carbons (Fsp3) is 0.400. The van der Waals surface area contributed by atoms with Gasteiger partial charge in [-0.1, -0.05) is 11.6 Å². The number of carbonyl (C=O) groups excluding carboxylic acids is 1. The molecule has 16 heavy (non-hydrogen) atoms. The maximum atomic E-state index is 11.7. The number of pyridine rings is 1. The first-order valence-corrected chi connectivity index (χ1v) is 5.39. The van der Waals surface area contributed by atoms with Crippen LogP contribution in [0.3, 0.4) is 0 Å². The van der Waals surface area contributed by atoms with E-state index in [1.807, 2.05) is 5.01 Å². The number of amides is 1. The summed E-state index contributed by atoms with van der Waals surface area (Å²) in [4.78, 5) is 15.6. The Morgan fingerprint density at radius 2 is 2.19 bits per heavy atom. The van der Waals surface area contributed by atoms with Gasteiger partial charge in [0.05, 0.1) is 18.8 Å². The van der Waals surface area contributed by atoms with E-state index in [2.05, 4.69) is 10.4 Å². The van der Waals surface area contributed by atoms with Gasteiger partial charge in [0.1, 0.15) is 5.15 Å². The summed E-state index contributed by atoms with van der Waals surface area (Å²) in [6.45, 7) is 2.68. The second-order valence-corrected chi connectivity index (χ2v) is 3.80. The molecule has 2 heterocycles. The Kier molecular flexibility index (Phi) is 3.71.